The van der Waals surface area contributed by atoms with Crippen LogP contribution in [0.25, 0.3) is 0 Å². The Labute approximate surface area is 199 Å². The molecule has 0 aliphatic carbocycles. The first-order chi connectivity index (χ1) is 15.9. The molecular formula is C25H33F3N4O2. The molecule has 3 rings (SSSR count). The van der Waals surface area contributed by atoms with Crippen molar-refractivity contribution in [1.82, 2.24) is 10.2 Å². The van der Waals surface area contributed by atoms with Crippen LogP contribution < -0.4 is 10.2 Å². The third-order valence-corrected chi connectivity index (χ3v) is 7.64. The first kappa shape index (κ1) is 25.9. The van der Waals surface area contributed by atoms with Crippen molar-refractivity contribution in [2.24, 2.45) is 23.2 Å². The Morgan fingerprint density at radius 1 is 1.18 bits per heavy atom. The summed E-state index contributed by atoms with van der Waals surface area (Å²) in [5.74, 6) is -0.0862. The minimum absolute atomic E-state index is 0.0189. The standard InChI is InChI=1S/C25H33F3N4O2/c1-5-24(2,3)23(34)32-14-19(20(15-32)22(33)30-4)16-8-10-31(11-9-16)18-7-6-17(13-29)21(12-18)25(26,27)28/h6-7,12,16,19-20H,5,8-11,14-15H2,1-4H3,(H,30,33)/t19-,20+/m0/s1. The van der Waals surface area contributed by atoms with Gasteiger partial charge in [-0.1, -0.05) is 20.8 Å². The Morgan fingerprint density at radius 3 is 2.35 bits per heavy atom. The summed E-state index contributed by atoms with van der Waals surface area (Å²) in [6.45, 7) is 7.85. The van der Waals surface area contributed by atoms with Crippen molar-refractivity contribution >= 4 is 17.5 Å². The van der Waals surface area contributed by atoms with E-state index in [0.29, 0.717) is 38.3 Å². The number of alkyl halides is 3. The lowest BCUT2D eigenvalue weighted by molar-refractivity contribution is -0.140. The number of benzene rings is 1. The number of likely N-dealkylation sites (tertiary alicyclic amines) is 1. The van der Waals surface area contributed by atoms with Crippen molar-refractivity contribution in [3.8, 4) is 6.07 Å². The molecule has 2 aliphatic heterocycles. The van der Waals surface area contributed by atoms with E-state index in [2.05, 4.69) is 5.32 Å². The van der Waals surface area contributed by atoms with Crippen LogP contribution >= 0.6 is 0 Å². The van der Waals surface area contributed by atoms with Gasteiger partial charge in [0.15, 0.2) is 0 Å². The van der Waals surface area contributed by atoms with Crippen LogP contribution in [-0.4, -0.2) is 49.9 Å². The predicted molar refractivity (Wildman–Crippen MR) is 123 cm³/mol. The fourth-order valence-electron chi connectivity index (χ4n) is 5.16. The summed E-state index contributed by atoms with van der Waals surface area (Å²) < 4.78 is 40.1. The van der Waals surface area contributed by atoms with E-state index in [1.165, 1.54) is 6.07 Å². The van der Waals surface area contributed by atoms with Crippen LogP contribution in [0, 0.1) is 34.5 Å². The highest BCUT2D eigenvalue weighted by Crippen LogP contribution is 2.40. The first-order valence-corrected chi connectivity index (χ1v) is 11.8. The maximum atomic E-state index is 13.4. The van der Waals surface area contributed by atoms with Crippen molar-refractivity contribution in [2.75, 3.05) is 38.1 Å². The number of anilines is 1. The molecule has 1 aromatic rings. The average molecular weight is 479 g/mol. The van der Waals surface area contributed by atoms with Crippen LogP contribution in [0.2, 0.25) is 0 Å². The molecule has 0 unspecified atom stereocenters. The first-order valence-electron chi connectivity index (χ1n) is 11.8. The smallest absolute Gasteiger partial charge is 0.372 e. The maximum absolute atomic E-state index is 13.4. The SMILES string of the molecule is CCC(C)(C)C(=O)N1C[C@@H](C(=O)NC)[C@H](C2CCN(c3ccc(C#N)c(C(F)(F)F)c3)CC2)C1. The molecule has 0 spiro atoms. The van der Waals surface area contributed by atoms with Crippen LogP contribution in [0.15, 0.2) is 18.2 Å². The van der Waals surface area contributed by atoms with Gasteiger partial charge in [-0.2, -0.15) is 18.4 Å². The number of nitrogens with one attached hydrogen (secondary N) is 1. The minimum Gasteiger partial charge on any atom is -0.372 e. The molecule has 0 aromatic heterocycles. The summed E-state index contributed by atoms with van der Waals surface area (Å²) in [4.78, 5) is 29.4. The Kier molecular flexibility index (Phi) is 7.49. The van der Waals surface area contributed by atoms with E-state index in [9.17, 15) is 22.8 Å². The lowest BCUT2D eigenvalue weighted by Crippen LogP contribution is -2.41. The minimum atomic E-state index is -4.59. The fourth-order valence-corrected chi connectivity index (χ4v) is 5.16. The van der Waals surface area contributed by atoms with E-state index in [4.69, 9.17) is 5.26 Å². The molecule has 6 nitrogen and oxygen atoms in total. The van der Waals surface area contributed by atoms with Gasteiger partial charge < -0.3 is 15.1 Å². The third-order valence-electron chi connectivity index (χ3n) is 7.64. The average Bonchev–Trinajstić information content (AvgIpc) is 3.27. The molecule has 186 valence electrons. The van der Waals surface area contributed by atoms with Crippen LogP contribution in [-0.2, 0) is 15.8 Å². The highest BCUT2D eigenvalue weighted by atomic mass is 19.4. The number of piperidine rings is 1. The lowest BCUT2D eigenvalue weighted by atomic mass is 9.78. The summed E-state index contributed by atoms with van der Waals surface area (Å²) in [5.41, 5.74) is -1.35. The van der Waals surface area contributed by atoms with Crippen molar-refractivity contribution in [3.63, 3.8) is 0 Å². The number of hydrogen-bond acceptors (Lipinski definition) is 4. The molecule has 0 saturated carbocycles. The van der Waals surface area contributed by atoms with Crippen molar-refractivity contribution in [2.45, 2.75) is 46.2 Å². The summed E-state index contributed by atoms with van der Waals surface area (Å²) in [6.07, 6.45) is -2.44. The number of nitriles is 1. The topological polar surface area (TPSA) is 76.4 Å². The van der Waals surface area contributed by atoms with Gasteiger partial charge in [0, 0.05) is 44.3 Å². The van der Waals surface area contributed by atoms with Crippen LogP contribution in [0.3, 0.4) is 0 Å². The molecule has 2 atom stereocenters. The van der Waals surface area contributed by atoms with E-state index in [-0.39, 0.29) is 35.1 Å². The summed E-state index contributed by atoms with van der Waals surface area (Å²) in [5, 5.41) is 11.8. The van der Waals surface area contributed by atoms with Gasteiger partial charge in [-0.15, -0.1) is 0 Å². The summed E-state index contributed by atoms with van der Waals surface area (Å²) >= 11 is 0. The molecule has 0 radical (unpaired) electrons. The molecule has 2 saturated heterocycles. The largest absolute Gasteiger partial charge is 0.417 e. The maximum Gasteiger partial charge on any atom is 0.417 e. The molecule has 2 fully saturated rings. The molecule has 2 heterocycles. The van der Waals surface area contributed by atoms with Gasteiger partial charge >= 0.3 is 6.18 Å². The number of carbonyl (C=O) groups is 2. The normalized spacial score (nSPS) is 21.9. The molecule has 2 amide bonds. The third kappa shape index (κ3) is 5.16. The number of hydrogen-bond donors (Lipinski definition) is 1. The van der Waals surface area contributed by atoms with Crippen LogP contribution in [0.4, 0.5) is 18.9 Å². The van der Waals surface area contributed by atoms with Gasteiger partial charge in [-0.05, 0) is 49.3 Å². The van der Waals surface area contributed by atoms with E-state index in [1.807, 2.05) is 30.6 Å². The van der Waals surface area contributed by atoms with E-state index >= 15 is 0 Å². The number of halogens is 3. The molecule has 1 N–H and O–H groups in total. The van der Waals surface area contributed by atoms with Crippen molar-refractivity contribution < 1.29 is 22.8 Å². The number of amides is 2. The van der Waals surface area contributed by atoms with Gasteiger partial charge in [0.25, 0.3) is 0 Å². The number of carbonyl (C=O) groups excluding carboxylic acids is 2. The molecule has 34 heavy (non-hydrogen) atoms. The van der Waals surface area contributed by atoms with Crippen molar-refractivity contribution in [1.29, 1.82) is 5.26 Å². The lowest BCUT2D eigenvalue weighted by Gasteiger charge is -2.37. The predicted octanol–water partition coefficient (Wildman–Crippen LogP) is 4.05. The Bertz CT molecular complexity index is 962. The van der Waals surface area contributed by atoms with E-state index in [1.54, 1.807) is 19.2 Å². The molecule has 9 heteroatoms. The van der Waals surface area contributed by atoms with Gasteiger partial charge in [0.1, 0.15) is 0 Å². The summed E-state index contributed by atoms with van der Waals surface area (Å²) in [6, 6.07) is 5.45. The molecule has 2 aliphatic rings. The number of rotatable bonds is 5. The molecular weight excluding hydrogens is 445 g/mol. The molecule has 0 bridgehead atoms. The zero-order valence-corrected chi connectivity index (χ0v) is 20.2. The quantitative estimate of drug-likeness (QED) is 0.693. The van der Waals surface area contributed by atoms with Crippen molar-refractivity contribution in [3.05, 3.63) is 29.3 Å². The van der Waals surface area contributed by atoms with Gasteiger partial charge in [-0.25, -0.2) is 0 Å². The zero-order valence-electron chi connectivity index (χ0n) is 20.2. The fraction of sp³-hybridized carbons (Fsp3) is 0.640. The van der Waals surface area contributed by atoms with Crippen LogP contribution in [0.1, 0.15) is 51.2 Å². The Morgan fingerprint density at radius 2 is 1.82 bits per heavy atom. The second-order valence-corrected chi connectivity index (χ2v) is 10.00. The summed E-state index contributed by atoms with van der Waals surface area (Å²) in [7, 11) is 1.60. The van der Waals surface area contributed by atoms with Gasteiger partial charge in [0.05, 0.1) is 23.1 Å². The molecule has 1 aromatic carbocycles. The Hall–Kier alpha value is -2.76. The van der Waals surface area contributed by atoms with Gasteiger partial charge in [0.2, 0.25) is 11.8 Å². The highest BCUT2D eigenvalue weighted by Gasteiger charge is 2.46. The highest BCUT2D eigenvalue weighted by molar-refractivity contribution is 5.85. The van der Waals surface area contributed by atoms with E-state index in [0.717, 1.165) is 18.9 Å². The van der Waals surface area contributed by atoms with E-state index < -0.39 is 17.2 Å². The van der Waals surface area contributed by atoms with Crippen LogP contribution in [0.5, 0.6) is 0 Å². The zero-order chi connectivity index (χ0) is 25.3. The second-order valence-electron chi connectivity index (χ2n) is 10.00. The van der Waals surface area contributed by atoms with Gasteiger partial charge in [-0.3, -0.25) is 9.59 Å². The number of nitrogens with zero attached hydrogens (tertiary/aromatic N) is 3. The Balaban J connectivity index is 1.74. The monoisotopic (exact) mass is 478 g/mol. The second kappa shape index (κ2) is 9.85.